The largest absolute Gasteiger partial charge is 0.496 e. The van der Waals surface area contributed by atoms with Crippen molar-refractivity contribution in [3.05, 3.63) is 39.8 Å². The second-order valence-corrected chi connectivity index (χ2v) is 7.24. The number of nitrogens with zero attached hydrogens (tertiary/aromatic N) is 1. The van der Waals surface area contributed by atoms with Gasteiger partial charge in [0.05, 0.1) is 31.8 Å². The van der Waals surface area contributed by atoms with Gasteiger partial charge in [0, 0.05) is 13.1 Å². The fourth-order valence-corrected chi connectivity index (χ4v) is 4.21. The summed E-state index contributed by atoms with van der Waals surface area (Å²) in [6.07, 6.45) is 0. The molecule has 30 heavy (non-hydrogen) atoms. The minimum absolute atomic E-state index is 0.153. The zero-order valence-electron chi connectivity index (χ0n) is 18.0. The zero-order valence-corrected chi connectivity index (χ0v) is 18.8. The number of ether oxygens (including phenoxy) is 3. The minimum atomic E-state index is -0.635. The molecule has 0 saturated heterocycles. The molecule has 0 spiro atoms. The quantitative estimate of drug-likeness (QED) is 0.638. The van der Waals surface area contributed by atoms with Gasteiger partial charge in [-0.05, 0) is 38.5 Å². The Labute approximate surface area is 179 Å². The van der Waals surface area contributed by atoms with Gasteiger partial charge >= 0.3 is 5.97 Å². The molecule has 0 saturated carbocycles. The van der Waals surface area contributed by atoms with Crippen LogP contribution in [0.5, 0.6) is 11.5 Å². The highest BCUT2D eigenvalue weighted by Gasteiger charge is 2.29. The number of benzene rings is 1. The van der Waals surface area contributed by atoms with Crippen molar-refractivity contribution in [1.82, 2.24) is 4.90 Å². The van der Waals surface area contributed by atoms with Crippen LogP contribution in [0, 0.1) is 6.92 Å². The predicted molar refractivity (Wildman–Crippen MR) is 115 cm³/mol. The molecule has 8 nitrogen and oxygen atoms in total. The van der Waals surface area contributed by atoms with Crippen molar-refractivity contribution in [3.8, 4) is 11.5 Å². The van der Waals surface area contributed by atoms with Gasteiger partial charge in [-0.3, -0.25) is 9.59 Å². The lowest BCUT2D eigenvalue weighted by molar-refractivity contribution is 0.0601. The Kier molecular flexibility index (Phi) is 7.82. The van der Waals surface area contributed by atoms with E-state index in [9.17, 15) is 14.4 Å². The number of rotatable bonds is 8. The number of hydrogen-bond acceptors (Lipinski definition) is 7. The van der Waals surface area contributed by atoms with Crippen LogP contribution in [0.15, 0.2) is 18.2 Å². The van der Waals surface area contributed by atoms with Crippen LogP contribution in [-0.4, -0.2) is 57.1 Å². The molecule has 0 unspecified atom stereocenters. The maximum absolute atomic E-state index is 13.1. The van der Waals surface area contributed by atoms with Crippen LogP contribution in [0.1, 0.15) is 49.8 Å². The van der Waals surface area contributed by atoms with Crippen molar-refractivity contribution < 1.29 is 28.6 Å². The van der Waals surface area contributed by atoms with Crippen LogP contribution < -0.4 is 14.8 Å². The van der Waals surface area contributed by atoms with Gasteiger partial charge in [0.15, 0.2) is 0 Å². The van der Waals surface area contributed by atoms with Crippen LogP contribution in [0.25, 0.3) is 0 Å². The van der Waals surface area contributed by atoms with Crippen molar-refractivity contribution in [2.24, 2.45) is 0 Å². The summed E-state index contributed by atoms with van der Waals surface area (Å²) >= 11 is 1.04. The average molecular weight is 435 g/mol. The summed E-state index contributed by atoms with van der Waals surface area (Å²) in [7, 11) is 4.14. The molecular formula is C21H26N2O6S. The lowest BCUT2D eigenvalue weighted by atomic mass is 10.1. The van der Waals surface area contributed by atoms with Crippen LogP contribution in [0.4, 0.5) is 5.00 Å². The highest BCUT2D eigenvalue weighted by atomic mass is 32.1. The topological polar surface area (TPSA) is 94.2 Å². The van der Waals surface area contributed by atoms with Crippen LogP contribution in [0.3, 0.4) is 0 Å². The first-order chi connectivity index (χ1) is 14.3. The van der Waals surface area contributed by atoms with Gasteiger partial charge in [0.1, 0.15) is 22.1 Å². The van der Waals surface area contributed by atoms with Crippen molar-refractivity contribution >= 4 is 34.1 Å². The Morgan fingerprint density at radius 1 is 1.00 bits per heavy atom. The fraction of sp³-hybridized carbons (Fsp3) is 0.381. The Morgan fingerprint density at radius 3 is 2.03 bits per heavy atom. The molecule has 2 rings (SSSR count). The molecule has 0 aliphatic carbocycles. The van der Waals surface area contributed by atoms with Crippen LogP contribution >= 0.6 is 11.3 Å². The van der Waals surface area contributed by atoms with E-state index in [1.165, 1.54) is 21.3 Å². The van der Waals surface area contributed by atoms with E-state index in [4.69, 9.17) is 14.2 Å². The van der Waals surface area contributed by atoms with Gasteiger partial charge in [-0.1, -0.05) is 6.07 Å². The number of hydrogen-bond donors (Lipinski definition) is 1. The predicted octanol–water partition coefficient (Wildman–Crippen LogP) is 3.59. The van der Waals surface area contributed by atoms with E-state index >= 15 is 0 Å². The summed E-state index contributed by atoms with van der Waals surface area (Å²) < 4.78 is 15.5. The first kappa shape index (κ1) is 23.2. The highest BCUT2D eigenvalue weighted by Crippen LogP contribution is 2.36. The lowest BCUT2D eigenvalue weighted by Gasteiger charge is -2.17. The van der Waals surface area contributed by atoms with E-state index in [0.717, 1.165) is 11.3 Å². The number of esters is 1. The van der Waals surface area contributed by atoms with Crippen molar-refractivity contribution in [1.29, 1.82) is 0 Å². The second-order valence-electron chi connectivity index (χ2n) is 6.22. The Morgan fingerprint density at radius 2 is 1.57 bits per heavy atom. The molecule has 0 bridgehead atoms. The number of anilines is 1. The van der Waals surface area contributed by atoms with Crippen molar-refractivity contribution in [2.75, 3.05) is 39.7 Å². The molecule has 2 amide bonds. The standard InChI is InChI=1S/C21H26N2O6S/c1-7-23(8-2)20(25)17-12(3)15(21(26)29-6)19(30-17)22-18(24)16-13(27-4)10-9-11-14(16)28-5/h9-11H,7-8H2,1-6H3,(H,22,24). The molecule has 0 aliphatic rings. The molecule has 0 radical (unpaired) electrons. The summed E-state index contributed by atoms with van der Waals surface area (Å²) in [4.78, 5) is 40.4. The minimum Gasteiger partial charge on any atom is -0.496 e. The van der Waals surface area contributed by atoms with E-state index < -0.39 is 11.9 Å². The van der Waals surface area contributed by atoms with Gasteiger partial charge in [0.2, 0.25) is 0 Å². The summed E-state index contributed by atoms with van der Waals surface area (Å²) in [5.74, 6) is -0.733. The van der Waals surface area contributed by atoms with Gasteiger partial charge in [0.25, 0.3) is 11.8 Å². The maximum atomic E-state index is 13.1. The number of carbonyl (C=O) groups excluding carboxylic acids is 3. The fourth-order valence-electron chi connectivity index (χ4n) is 3.05. The zero-order chi connectivity index (χ0) is 22.4. The van der Waals surface area contributed by atoms with Crippen molar-refractivity contribution in [2.45, 2.75) is 20.8 Å². The van der Waals surface area contributed by atoms with E-state index in [1.54, 1.807) is 30.0 Å². The monoisotopic (exact) mass is 434 g/mol. The smallest absolute Gasteiger partial charge is 0.341 e. The third-order valence-electron chi connectivity index (χ3n) is 4.66. The summed E-state index contributed by atoms with van der Waals surface area (Å²) in [5, 5.41) is 2.96. The molecule has 1 aromatic heterocycles. The maximum Gasteiger partial charge on any atom is 0.341 e. The summed E-state index contributed by atoms with van der Waals surface area (Å²) in [6, 6.07) is 4.96. The van der Waals surface area contributed by atoms with E-state index in [1.807, 2.05) is 13.8 Å². The molecule has 0 fully saturated rings. The average Bonchev–Trinajstić information content (AvgIpc) is 3.08. The number of methoxy groups -OCH3 is 3. The highest BCUT2D eigenvalue weighted by molar-refractivity contribution is 7.18. The van der Waals surface area contributed by atoms with Crippen LogP contribution in [0.2, 0.25) is 0 Å². The third kappa shape index (κ3) is 4.40. The molecule has 2 aromatic rings. The molecular weight excluding hydrogens is 408 g/mol. The second kappa shape index (κ2) is 10.1. The molecule has 1 N–H and O–H groups in total. The normalized spacial score (nSPS) is 10.3. The molecule has 162 valence electrons. The summed E-state index contributed by atoms with van der Waals surface area (Å²) in [6.45, 7) is 6.48. The van der Waals surface area contributed by atoms with Crippen LogP contribution in [-0.2, 0) is 4.74 Å². The molecule has 0 atom stereocenters. The number of carbonyl (C=O) groups is 3. The first-order valence-electron chi connectivity index (χ1n) is 9.37. The first-order valence-corrected chi connectivity index (χ1v) is 10.2. The third-order valence-corrected chi connectivity index (χ3v) is 5.86. The summed E-state index contributed by atoms with van der Waals surface area (Å²) in [5.41, 5.74) is 0.798. The van der Waals surface area contributed by atoms with Gasteiger partial charge in [-0.15, -0.1) is 11.3 Å². The number of amides is 2. The lowest BCUT2D eigenvalue weighted by Crippen LogP contribution is -2.30. The van der Waals surface area contributed by atoms with E-state index in [-0.39, 0.29) is 22.0 Å². The van der Waals surface area contributed by atoms with Gasteiger partial charge in [-0.2, -0.15) is 0 Å². The van der Waals surface area contributed by atoms with Crippen molar-refractivity contribution in [3.63, 3.8) is 0 Å². The molecule has 1 aromatic carbocycles. The van der Waals surface area contributed by atoms with E-state index in [0.29, 0.717) is 35.0 Å². The molecule has 0 aliphatic heterocycles. The number of nitrogens with one attached hydrogen (secondary N) is 1. The Hall–Kier alpha value is -3.07. The molecule has 9 heteroatoms. The Balaban J connectivity index is 2.54. The van der Waals surface area contributed by atoms with Gasteiger partial charge < -0.3 is 24.4 Å². The molecule has 1 heterocycles. The van der Waals surface area contributed by atoms with E-state index in [2.05, 4.69) is 5.32 Å². The van der Waals surface area contributed by atoms with Gasteiger partial charge in [-0.25, -0.2) is 4.79 Å². The SMILES string of the molecule is CCN(CC)C(=O)c1sc(NC(=O)c2c(OC)cccc2OC)c(C(=O)OC)c1C. The Bertz CT molecular complexity index is 927. The number of thiophene rings is 1.